The molecule has 0 radical (unpaired) electrons. The number of allylic oxidation sites excluding steroid dienone is 1. The van der Waals surface area contributed by atoms with E-state index in [2.05, 4.69) is 23.7 Å². The molecule has 2 N–H and O–H groups in total. The van der Waals surface area contributed by atoms with Gasteiger partial charge in [-0.05, 0) is 105 Å². The summed E-state index contributed by atoms with van der Waals surface area (Å²) in [6.45, 7) is 9.86. The maximum absolute atomic E-state index is 14.6. The van der Waals surface area contributed by atoms with Crippen LogP contribution in [0.15, 0.2) is 96.2 Å². The molecule has 2 aromatic carbocycles. The van der Waals surface area contributed by atoms with Gasteiger partial charge in [0.1, 0.15) is 30.8 Å². The van der Waals surface area contributed by atoms with Gasteiger partial charge >= 0.3 is 6.09 Å². The minimum atomic E-state index is -1.39. The minimum absolute atomic E-state index is 0.0734. The van der Waals surface area contributed by atoms with Gasteiger partial charge in [0.2, 0.25) is 12.1 Å². The van der Waals surface area contributed by atoms with E-state index in [0.29, 0.717) is 50.5 Å². The third-order valence-electron chi connectivity index (χ3n) is 12.7. The van der Waals surface area contributed by atoms with Gasteiger partial charge in [-0.1, -0.05) is 73.5 Å². The van der Waals surface area contributed by atoms with Crippen molar-refractivity contribution in [3.63, 3.8) is 0 Å². The first-order chi connectivity index (χ1) is 30.4. The largest absolute Gasteiger partial charge is 0.487 e. The monoisotopic (exact) mass is 851 g/mol. The lowest BCUT2D eigenvalue weighted by atomic mass is 9.55. The van der Waals surface area contributed by atoms with Gasteiger partial charge in [-0.3, -0.25) is 9.88 Å². The van der Waals surface area contributed by atoms with Crippen LogP contribution in [-0.4, -0.2) is 83.0 Å². The van der Waals surface area contributed by atoms with Crippen molar-refractivity contribution >= 4 is 11.8 Å². The van der Waals surface area contributed by atoms with Gasteiger partial charge < -0.3 is 38.7 Å². The third-order valence-corrected chi connectivity index (χ3v) is 12.7. The van der Waals surface area contributed by atoms with E-state index in [0.717, 1.165) is 78.7 Å². The second kappa shape index (κ2) is 22.0. The second-order valence-electron chi connectivity index (χ2n) is 17.0. The number of benzene rings is 2. The Bertz CT molecular complexity index is 1980. The number of amides is 1. The zero-order valence-corrected chi connectivity index (χ0v) is 36.5. The van der Waals surface area contributed by atoms with Gasteiger partial charge in [0.15, 0.2) is 0 Å². The Morgan fingerprint density at radius 1 is 1.02 bits per heavy atom. The molecule has 1 saturated carbocycles. The molecule has 1 aromatic heterocycles. The van der Waals surface area contributed by atoms with E-state index in [-0.39, 0.29) is 50.6 Å². The van der Waals surface area contributed by atoms with E-state index in [1.54, 1.807) is 11.0 Å². The van der Waals surface area contributed by atoms with Crippen LogP contribution < -0.4 is 9.47 Å². The van der Waals surface area contributed by atoms with Gasteiger partial charge in [-0.2, -0.15) is 0 Å². The standard InChI is InChI=1S/C50H65N3O9/c1-4-25-53(49(56)59-33-36-17-7-6-8-18-36)45-32-43(52-62-46-22-11-14-29-57-46)41-30-37(19-9-12-26-54)40(21-10-13-27-55)47-42-31-39(58-34-38-20-15-16-35(3)51-38)23-24-44(42)61-50(45,48(41)47)60-28-5-2/h5-8,15-18,20,23-24,30-31,37,40,45-48,54-55H,2,4,9-14,19,21-22,25-29,32-34H2,1,3H3. The molecule has 62 heavy (non-hydrogen) atoms. The molecule has 7 unspecified atom stereocenters. The average molecular weight is 852 g/mol. The highest BCUT2D eigenvalue weighted by atomic mass is 16.8. The van der Waals surface area contributed by atoms with Gasteiger partial charge in [-0.15, -0.1) is 6.58 Å². The summed E-state index contributed by atoms with van der Waals surface area (Å²) in [4.78, 5) is 27.3. The summed E-state index contributed by atoms with van der Waals surface area (Å²) in [5.74, 6) is -0.520. The minimum Gasteiger partial charge on any atom is -0.487 e. The molecule has 4 aliphatic rings. The smallest absolute Gasteiger partial charge is 0.410 e. The molecule has 0 spiro atoms. The van der Waals surface area contributed by atoms with Crippen molar-refractivity contribution in [3.8, 4) is 11.5 Å². The van der Waals surface area contributed by atoms with Crippen molar-refractivity contribution in [2.45, 2.75) is 122 Å². The number of nitrogens with zero attached hydrogens (tertiary/aromatic N) is 3. The molecule has 2 aliphatic carbocycles. The lowest BCUT2D eigenvalue weighted by molar-refractivity contribution is -0.255. The van der Waals surface area contributed by atoms with Crippen molar-refractivity contribution in [1.29, 1.82) is 0 Å². The maximum atomic E-state index is 14.6. The number of hydrogen-bond acceptors (Lipinski definition) is 11. The van der Waals surface area contributed by atoms with Gasteiger partial charge in [0, 0.05) is 49.8 Å². The van der Waals surface area contributed by atoms with Crippen LogP contribution in [-0.2, 0) is 32.3 Å². The van der Waals surface area contributed by atoms with Gasteiger partial charge in [0.05, 0.1) is 30.5 Å². The number of aliphatic hydroxyl groups excluding tert-OH is 2. The Hall–Kier alpha value is -4.75. The summed E-state index contributed by atoms with van der Waals surface area (Å²) in [5, 5.41) is 24.9. The van der Waals surface area contributed by atoms with E-state index in [1.165, 1.54) is 0 Å². The first-order valence-electron chi connectivity index (χ1n) is 22.8. The molecule has 7 rings (SSSR count). The molecule has 1 saturated heterocycles. The molecule has 0 bridgehead atoms. The second-order valence-corrected chi connectivity index (χ2v) is 17.0. The first kappa shape index (κ1) is 45.3. The summed E-state index contributed by atoms with van der Waals surface area (Å²) < 4.78 is 33.1. The number of ether oxygens (including phenoxy) is 5. The fourth-order valence-corrected chi connectivity index (χ4v) is 9.91. The van der Waals surface area contributed by atoms with Crippen molar-refractivity contribution in [3.05, 3.63) is 114 Å². The van der Waals surface area contributed by atoms with E-state index in [4.69, 9.17) is 33.7 Å². The molecular weight excluding hydrogens is 787 g/mol. The molecule has 7 atom stereocenters. The van der Waals surface area contributed by atoms with Crippen molar-refractivity contribution in [1.82, 2.24) is 9.88 Å². The summed E-state index contributed by atoms with van der Waals surface area (Å²) in [6, 6.07) is 20.9. The number of carbonyl (C=O) groups excluding carboxylic acids is 1. The molecular formula is C50H65N3O9. The van der Waals surface area contributed by atoms with Crippen molar-refractivity contribution < 1.29 is 43.5 Å². The number of aromatic nitrogens is 1. The zero-order valence-electron chi connectivity index (χ0n) is 36.5. The van der Waals surface area contributed by atoms with E-state index in [9.17, 15) is 15.0 Å². The third kappa shape index (κ3) is 10.5. The first-order valence-corrected chi connectivity index (χ1v) is 22.8. The fraction of sp³-hybridized carbons (Fsp3) is 0.540. The predicted molar refractivity (Wildman–Crippen MR) is 237 cm³/mol. The van der Waals surface area contributed by atoms with Crippen LogP contribution in [0.1, 0.15) is 106 Å². The number of carbonyl (C=O) groups is 1. The van der Waals surface area contributed by atoms with Gasteiger partial charge in [0.25, 0.3) is 0 Å². The molecule has 2 fully saturated rings. The average Bonchev–Trinajstić information content (AvgIpc) is 3.30. The molecule has 12 nitrogen and oxygen atoms in total. The number of hydrogen-bond donors (Lipinski definition) is 2. The summed E-state index contributed by atoms with van der Waals surface area (Å²) in [5.41, 5.74) is 5.31. The van der Waals surface area contributed by atoms with Crippen LogP contribution in [0, 0.1) is 24.7 Å². The fourth-order valence-electron chi connectivity index (χ4n) is 9.91. The molecule has 334 valence electrons. The van der Waals surface area contributed by atoms with Crippen LogP contribution in [0.25, 0.3) is 0 Å². The lowest BCUT2D eigenvalue weighted by Gasteiger charge is -2.60. The Morgan fingerprint density at radius 2 is 1.84 bits per heavy atom. The lowest BCUT2D eigenvalue weighted by Crippen LogP contribution is -2.70. The van der Waals surface area contributed by atoms with E-state index >= 15 is 0 Å². The maximum Gasteiger partial charge on any atom is 0.410 e. The van der Waals surface area contributed by atoms with Crippen LogP contribution in [0.4, 0.5) is 4.79 Å². The number of aryl methyl sites for hydroxylation is 1. The van der Waals surface area contributed by atoms with E-state index in [1.807, 2.05) is 74.5 Å². The van der Waals surface area contributed by atoms with Crippen molar-refractivity contribution in [2.75, 3.05) is 33.0 Å². The number of aliphatic hydroxyl groups is 2. The highest BCUT2D eigenvalue weighted by Crippen LogP contribution is 2.62. The van der Waals surface area contributed by atoms with Crippen molar-refractivity contribution in [2.24, 2.45) is 22.9 Å². The van der Waals surface area contributed by atoms with Crippen LogP contribution in [0.3, 0.4) is 0 Å². The Labute approximate surface area is 366 Å². The van der Waals surface area contributed by atoms with Crippen LogP contribution >= 0.6 is 0 Å². The number of fused-ring (bicyclic) bond motifs is 2. The Kier molecular flexibility index (Phi) is 16.1. The molecule has 3 heterocycles. The van der Waals surface area contributed by atoms with Crippen LogP contribution in [0.5, 0.6) is 11.5 Å². The quantitative estimate of drug-likeness (QED) is 0.0606. The normalized spacial score (nSPS) is 25.7. The topological polar surface area (TPSA) is 141 Å². The summed E-state index contributed by atoms with van der Waals surface area (Å²) >= 11 is 0. The molecule has 1 amide bonds. The number of unbranched alkanes of at least 4 members (excludes halogenated alkanes) is 2. The summed E-state index contributed by atoms with van der Waals surface area (Å²) in [6.07, 6.45) is 11.5. The molecule has 12 heteroatoms. The molecule has 3 aromatic rings. The highest BCUT2D eigenvalue weighted by Gasteiger charge is 2.65. The predicted octanol–water partition coefficient (Wildman–Crippen LogP) is 9.18. The zero-order chi connectivity index (χ0) is 43.3. The number of rotatable bonds is 21. The number of pyridine rings is 1. The van der Waals surface area contributed by atoms with Gasteiger partial charge in [-0.25, -0.2) is 4.79 Å². The Balaban J connectivity index is 1.39. The van der Waals surface area contributed by atoms with Crippen LogP contribution in [0.2, 0.25) is 0 Å². The Morgan fingerprint density at radius 3 is 2.58 bits per heavy atom. The SMILES string of the molecule is C=CCOC12Oc3ccc(OCc4cccc(C)n4)cc3C3C(CCCCO)C(CCCCO)C=C(C(=NOC4CCCCO4)CC1N(CCC)C(=O)OCc1ccccc1)C32. The number of oxime groups is 1. The van der Waals surface area contributed by atoms with E-state index < -0.39 is 30.1 Å². The highest BCUT2D eigenvalue weighted by molar-refractivity contribution is 6.03. The summed E-state index contributed by atoms with van der Waals surface area (Å²) in [7, 11) is 0. The molecule has 2 aliphatic heterocycles.